The summed E-state index contributed by atoms with van der Waals surface area (Å²) in [4.78, 5) is 55.3. The summed E-state index contributed by atoms with van der Waals surface area (Å²) in [5.41, 5.74) is 2.61. The van der Waals surface area contributed by atoms with Crippen molar-refractivity contribution < 1.29 is 23.9 Å². The van der Waals surface area contributed by atoms with Crippen molar-refractivity contribution in [3.05, 3.63) is 116 Å². The van der Waals surface area contributed by atoms with Gasteiger partial charge in [-0.05, 0) is 93.1 Å². The van der Waals surface area contributed by atoms with E-state index in [1.807, 2.05) is 13.0 Å². The summed E-state index contributed by atoms with van der Waals surface area (Å²) in [5.74, 6) is -1.71. The standard InChI is InChI=1S/C38H37Cl2N3O5S2/c1-3-31(36(46)43-37-33(38(47)48-4-2)26-17-9-6-10-20-32(26)50-37)49-25-16-11-15-24(21-25)41-35(45)30(22-27-28(39)18-12-19-29(27)40)42-34(44)23-13-7-5-8-14-23/h5,7-8,11-16,18-19,21-22,31H,3-4,6,9-10,17,20H2,1-2H3,(H,41,45)(H,42,44)(H,43,46)/b30-22+. The largest absolute Gasteiger partial charge is 0.462 e. The first-order chi connectivity index (χ1) is 24.2. The van der Waals surface area contributed by atoms with Crippen LogP contribution in [0, 0.1) is 0 Å². The number of esters is 1. The van der Waals surface area contributed by atoms with Crippen LogP contribution in [0.3, 0.4) is 0 Å². The number of anilines is 2. The molecule has 0 saturated heterocycles. The molecule has 1 heterocycles. The second-order valence-electron chi connectivity index (χ2n) is 11.5. The molecule has 3 aromatic carbocycles. The molecule has 12 heteroatoms. The molecule has 0 spiro atoms. The SMILES string of the molecule is CCOC(=O)c1c(NC(=O)C(CC)Sc2cccc(NC(=O)/C(=C\c3c(Cl)cccc3Cl)NC(=O)c3ccccc3)c2)sc2c1CCCCC2. The minimum absolute atomic E-state index is 0.0653. The highest BCUT2D eigenvalue weighted by Crippen LogP contribution is 2.39. The van der Waals surface area contributed by atoms with Crippen LogP contribution in [0.25, 0.3) is 6.08 Å². The Morgan fingerprint density at radius 3 is 2.34 bits per heavy atom. The first-order valence-electron chi connectivity index (χ1n) is 16.4. The highest BCUT2D eigenvalue weighted by Gasteiger charge is 2.28. The van der Waals surface area contributed by atoms with Gasteiger partial charge < -0.3 is 20.7 Å². The Morgan fingerprint density at radius 1 is 0.900 bits per heavy atom. The predicted molar refractivity (Wildman–Crippen MR) is 204 cm³/mol. The Hall–Kier alpha value is -4.09. The van der Waals surface area contributed by atoms with E-state index in [9.17, 15) is 19.2 Å². The molecule has 50 heavy (non-hydrogen) atoms. The average molecular weight is 751 g/mol. The van der Waals surface area contributed by atoms with Gasteiger partial charge in [0.25, 0.3) is 11.8 Å². The number of ether oxygens (including phenoxy) is 1. The number of hydrogen-bond donors (Lipinski definition) is 3. The Labute approximate surface area is 310 Å². The van der Waals surface area contributed by atoms with Crippen LogP contribution in [0.5, 0.6) is 0 Å². The zero-order valence-corrected chi connectivity index (χ0v) is 30.8. The van der Waals surface area contributed by atoms with E-state index in [1.165, 1.54) is 29.2 Å². The summed E-state index contributed by atoms with van der Waals surface area (Å²) in [6.45, 7) is 3.94. The van der Waals surface area contributed by atoms with Crippen molar-refractivity contribution in [3.8, 4) is 0 Å². The summed E-state index contributed by atoms with van der Waals surface area (Å²) in [7, 11) is 0. The lowest BCUT2D eigenvalue weighted by Gasteiger charge is -2.16. The first kappa shape index (κ1) is 37.2. The fourth-order valence-electron chi connectivity index (χ4n) is 5.51. The fraction of sp³-hybridized carbons (Fsp3) is 0.263. The number of thiophene rings is 1. The van der Waals surface area contributed by atoms with E-state index in [1.54, 1.807) is 73.7 Å². The molecule has 0 fully saturated rings. The molecule has 1 aliphatic carbocycles. The molecule has 4 aromatic rings. The topological polar surface area (TPSA) is 114 Å². The number of halogens is 2. The van der Waals surface area contributed by atoms with E-state index in [0.29, 0.717) is 43.8 Å². The van der Waals surface area contributed by atoms with Crippen LogP contribution in [0.2, 0.25) is 10.0 Å². The lowest BCUT2D eigenvalue weighted by molar-refractivity contribution is -0.116. The molecule has 1 unspecified atom stereocenters. The molecule has 3 amide bonds. The van der Waals surface area contributed by atoms with Gasteiger partial charge in [0, 0.05) is 36.6 Å². The van der Waals surface area contributed by atoms with Gasteiger partial charge in [-0.1, -0.05) is 66.9 Å². The molecular weight excluding hydrogens is 713 g/mol. The number of rotatable bonds is 12. The van der Waals surface area contributed by atoms with Gasteiger partial charge in [0.2, 0.25) is 5.91 Å². The van der Waals surface area contributed by atoms with Crippen molar-refractivity contribution in [1.82, 2.24) is 5.32 Å². The summed E-state index contributed by atoms with van der Waals surface area (Å²) in [6.07, 6.45) is 6.77. The summed E-state index contributed by atoms with van der Waals surface area (Å²) < 4.78 is 5.38. The van der Waals surface area contributed by atoms with E-state index in [0.717, 1.165) is 47.4 Å². The highest BCUT2D eigenvalue weighted by molar-refractivity contribution is 8.00. The maximum absolute atomic E-state index is 13.7. The Balaban J connectivity index is 1.34. The van der Waals surface area contributed by atoms with Gasteiger partial charge in [0.05, 0.1) is 17.4 Å². The Kier molecular flexibility index (Phi) is 13.2. The van der Waals surface area contributed by atoms with Crippen LogP contribution < -0.4 is 16.0 Å². The molecule has 1 atom stereocenters. The average Bonchev–Trinajstić information content (AvgIpc) is 3.28. The second-order valence-corrected chi connectivity index (χ2v) is 14.7. The summed E-state index contributed by atoms with van der Waals surface area (Å²) >= 11 is 15.6. The quantitative estimate of drug-likeness (QED) is 0.0576. The molecule has 1 aromatic heterocycles. The number of thioether (sulfide) groups is 1. The molecule has 0 radical (unpaired) electrons. The lowest BCUT2D eigenvalue weighted by Crippen LogP contribution is -2.30. The van der Waals surface area contributed by atoms with Crippen molar-refractivity contribution >= 4 is 86.8 Å². The normalized spacial score (nSPS) is 13.4. The zero-order valence-electron chi connectivity index (χ0n) is 27.6. The summed E-state index contributed by atoms with van der Waals surface area (Å²) in [6, 6.07) is 20.6. The van der Waals surface area contributed by atoms with Crippen molar-refractivity contribution in [1.29, 1.82) is 0 Å². The van der Waals surface area contributed by atoms with Crippen LogP contribution >= 0.6 is 46.3 Å². The Bertz CT molecular complexity index is 1890. The molecular formula is C38H37Cl2N3O5S2. The fourth-order valence-corrected chi connectivity index (χ4v) is 8.31. The summed E-state index contributed by atoms with van der Waals surface area (Å²) in [5, 5.41) is 9.27. The molecule has 5 rings (SSSR count). The van der Waals surface area contributed by atoms with Crippen molar-refractivity contribution in [2.75, 3.05) is 17.2 Å². The second kappa shape index (κ2) is 17.7. The van der Waals surface area contributed by atoms with Crippen LogP contribution in [-0.4, -0.2) is 35.5 Å². The number of amides is 3. The van der Waals surface area contributed by atoms with Gasteiger partial charge in [-0.2, -0.15) is 0 Å². The van der Waals surface area contributed by atoms with Gasteiger partial charge in [-0.3, -0.25) is 14.4 Å². The lowest BCUT2D eigenvalue weighted by atomic mass is 10.1. The third-order valence-electron chi connectivity index (χ3n) is 7.99. The van der Waals surface area contributed by atoms with Crippen molar-refractivity contribution in [3.63, 3.8) is 0 Å². The van der Waals surface area contributed by atoms with Crippen LogP contribution in [0.1, 0.15) is 76.3 Å². The molecule has 8 nitrogen and oxygen atoms in total. The monoisotopic (exact) mass is 749 g/mol. The molecule has 260 valence electrons. The van der Waals surface area contributed by atoms with Crippen molar-refractivity contribution in [2.45, 2.75) is 62.5 Å². The van der Waals surface area contributed by atoms with Crippen LogP contribution in [-0.2, 0) is 27.2 Å². The van der Waals surface area contributed by atoms with Gasteiger partial charge in [-0.25, -0.2) is 4.79 Å². The minimum Gasteiger partial charge on any atom is -0.462 e. The molecule has 0 saturated carbocycles. The molecule has 3 N–H and O–H groups in total. The van der Waals surface area contributed by atoms with E-state index in [4.69, 9.17) is 27.9 Å². The van der Waals surface area contributed by atoms with Crippen LogP contribution in [0.4, 0.5) is 10.7 Å². The minimum atomic E-state index is -0.596. The molecule has 0 bridgehead atoms. The van der Waals surface area contributed by atoms with E-state index >= 15 is 0 Å². The van der Waals surface area contributed by atoms with E-state index in [-0.39, 0.29) is 18.2 Å². The maximum Gasteiger partial charge on any atom is 0.341 e. The smallest absolute Gasteiger partial charge is 0.341 e. The number of carbonyl (C=O) groups is 4. The zero-order chi connectivity index (χ0) is 35.6. The Morgan fingerprint density at radius 2 is 1.62 bits per heavy atom. The third-order valence-corrected chi connectivity index (χ3v) is 11.2. The maximum atomic E-state index is 13.7. The predicted octanol–water partition coefficient (Wildman–Crippen LogP) is 9.42. The number of carbonyl (C=O) groups excluding carboxylic acids is 4. The third kappa shape index (κ3) is 9.37. The van der Waals surface area contributed by atoms with Crippen molar-refractivity contribution in [2.24, 2.45) is 0 Å². The van der Waals surface area contributed by atoms with Gasteiger partial charge in [-0.15, -0.1) is 23.1 Å². The molecule has 0 aliphatic heterocycles. The first-order valence-corrected chi connectivity index (χ1v) is 18.9. The van der Waals surface area contributed by atoms with E-state index < -0.39 is 23.0 Å². The van der Waals surface area contributed by atoms with Gasteiger partial charge in [0.15, 0.2) is 0 Å². The number of hydrogen-bond acceptors (Lipinski definition) is 7. The number of aryl methyl sites for hydroxylation is 1. The number of benzene rings is 3. The van der Waals surface area contributed by atoms with Gasteiger partial charge >= 0.3 is 5.97 Å². The van der Waals surface area contributed by atoms with Gasteiger partial charge in [0.1, 0.15) is 10.7 Å². The van der Waals surface area contributed by atoms with Crippen LogP contribution in [0.15, 0.2) is 83.4 Å². The number of fused-ring (bicyclic) bond motifs is 1. The van der Waals surface area contributed by atoms with E-state index in [2.05, 4.69) is 16.0 Å². The molecule has 1 aliphatic rings. The number of nitrogens with one attached hydrogen (secondary N) is 3. The highest BCUT2D eigenvalue weighted by atomic mass is 35.5.